The number of halogens is 2. The maximum atomic E-state index is 12.9. The third-order valence-corrected chi connectivity index (χ3v) is 3.69. The molecule has 0 unspecified atom stereocenters. The SMILES string of the molecule is Cc1cc(Cl)ccc1NC(=O)c1ccc(Nc2ccc(F)cc2)nn1. The molecule has 0 atom stereocenters. The molecule has 0 bridgehead atoms. The van der Waals surface area contributed by atoms with Crippen LogP contribution >= 0.6 is 11.6 Å². The minimum Gasteiger partial charge on any atom is -0.339 e. The van der Waals surface area contributed by atoms with E-state index in [2.05, 4.69) is 20.8 Å². The van der Waals surface area contributed by atoms with Crippen molar-refractivity contribution in [3.63, 3.8) is 0 Å². The number of hydrogen-bond donors (Lipinski definition) is 2. The molecule has 126 valence electrons. The Morgan fingerprint density at radius 2 is 1.80 bits per heavy atom. The summed E-state index contributed by atoms with van der Waals surface area (Å²) in [6, 6.07) is 14.2. The number of carbonyl (C=O) groups excluding carboxylic acids is 1. The predicted octanol–water partition coefficient (Wildman–Crippen LogP) is 4.57. The lowest BCUT2D eigenvalue weighted by molar-refractivity contribution is 0.102. The third-order valence-electron chi connectivity index (χ3n) is 3.45. The van der Waals surface area contributed by atoms with E-state index in [-0.39, 0.29) is 17.4 Å². The number of hydrogen-bond acceptors (Lipinski definition) is 4. The van der Waals surface area contributed by atoms with E-state index in [1.807, 2.05) is 6.92 Å². The molecule has 2 N–H and O–H groups in total. The molecule has 0 radical (unpaired) electrons. The average molecular weight is 357 g/mol. The first-order chi connectivity index (χ1) is 12.0. The Morgan fingerprint density at radius 1 is 1.04 bits per heavy atom. The first kappa shape index (κ1) is 16.9. The minimum atomic E-state index is -0.369. The topological polar surface area (TPSA) is 66.9 Å². The molecule has 25 heavy (non-hydrogen) atoms. The number of rotatable bonds is 4. The van der Waals surface area contributed by atoms with Gasteiger partial charge in [-0.1, -0.05) is 11.6 Å². The van der Waals surface area contributed by atoms with Crippen LogP contribution in [0.1, 0.15) is 16.1 Å². The van der Waals surface area contributed by atoms with Crippen molar-refractivity contribution in [1.29, 1.82) is 0 Å². The molecule has 0 aliphatic rings. The summed E-state index contributed by atoms with van der Waals surface area (Å²) in [6.07, 6.45) is 0. The maximum absolute atomic E-state index is 12.9. The molecule has 3 rings (SSSR count). The van der Waals surface area contributed by atoms with E-state index in [1.54, 1.807) is 42.5 Å². The molecule has 0 spiro atoms. The van der Waals surface area contributed by atoms with Gasteiger partial charge in [0.2, 0.25) is 0 Å². The smallest absolute Gasteiger partial charge is 0.276 e. The van der Waals surface area contributed by atoms with Gasteiger partial charge in [0.1, 0.15) is 5.82 Å². The van der Waals surface area contributed by atoms with Gasteiger partial charge in [-0.3, -0.25) is 4.79 Å². The van der Waals surface area contributed by atoms with Gasteiger partial charge in [0.25, 0.3) is 5.91 Å². The molecule has 1 amide bonds. The van der Waals surface area contributed by atoms with Crippen molar-refractivity contribution in [2.45, 2.75) is 6.92 Å². The van der Waals surface area contributed by atoms with Crippen LogP contribution in [0.2, 0.25) is 5.02 Å². The molecule has 1 aromatic heterocycles. The molecule has 0 fully saturated rings. The number of amides is 1. The Balaban J connectivity index is 1.68. The fraction of sp³-hybridized carbons (Fsp3) is 0.0556. The number of aryl methyl sites for hydroxylation is 1. The molecular weight excluding hydrogens is 343 g/mol. The van der Waals surface area contributed by atoms with Gasteiger partial charge in [-0.15, -0.1) is 10.2 Å². The largest absolute Gasteiger partial charge is 0.339 e. The van der Waals surface area contributed by atoms with Crippen molar-refractivity contribution in [3.05, 3.63) is 76.7 Å². The Bertz CT molecular complexity index is 898. The van der Waals surface area contributed by atoms with Crippen molar-refractivity contribution in [2.75, 3.05) is 10.6 Å². The van der Waals surface area contributed by atoms with Gasteiger partial charge in [-0.05, 0) is 67.1 Å². The molecular formula is C18H14ClFN4O. The molecule has 7 heteroatoms. The van der Waals surface area contributed by atoms with Crippen LogP contribution in [-0.2, 0) is 0 Å². The monoisotopic (exact) mass is 356 g/mol. The quantitative estimate of drug-likeness (QED) is 0.718. The molecule has 2 aromatic carbocycles. The zero-order valence-corrected chi connectivity index (χ0v) is 14.0. The van der Waals surface area contributed by atoms with Crippen LogP contribution in [-0.4, -0.2) is 16.1 Å². The van der Waals surface area contributed by atoms with Crippen molar-refractivity contribution < 1.29 is 9.18 Å². The van der Waals surface area contributed by atoms with Crippen LogP contribution in [0.15, 0.2) is 54.6 Å². The summed E-state index contributed by atoms with van der Waals surface area (Å²) in [5, 5.41) is 14.2. The van der Waals surface area contributed by atoms with E-state index < -0.39 is 0 Å². The first-order valence-electron chi connectivity index (χ1n) is 7.45. The summed E-state index contributed by atoms with van der Waals surface area (Å²) in [4.78, 5) is 12.2. The molecule has 0 aliphatic heterocycles. The number of aromatic nitrogens is 2. The van der Waals surface area contributed by atoms with Gasteiger partial charge in [0.15, 0.2) is 11.5 Å². The minimum absolute atomic E-state index is 0.180. The highest BCUT2D eigenvalue weighted by Gasteiger charge is 2.10. The second-order valence-corrected chi connectivity index (χ2v) is 5.79. The molecule has 3 aromatic rings. The molecule has 0 aliphatic carbocycles. The van der Waals surface area contributed by atoms with E-state index in [0.717, 1.165) is 5.56 Å². The fourth-order valence-corrected chi connectivity index (χ4v) is 2.38. The lowest BCUT2D eigenvalue weighted by Gasteiger charge is -2.09. The number of nitrogens with zero attached hydrogens (tertiary/aromatic N) is 2. The molecule has 5 nitrogen and oxygen atoms in total. The third kappa shape index (κ3) is 4.30. The Kier molecular flexibility index (Phi) is 4.90. The highest BCUT2D eigenvalue weighted by atomic mass is 35.5. The summed E-state index contributed by atoms with van der Waals surface area (Å²) in [6.45, 7) is 1.85. The van der Waals surface area contributed by atoms with Crippen molar-refractivity contribution in [1.82, 2.24) is 10.2 Å². The van der Waals surface area contributed by atoms with Crippen LogP contribution in [0.25, 0.3) is 0 Å². The number of benzene rings is 2. The van der Waals surface area contributed by atoms with Crippen LogP contribution < -0.4 is 10.6 Å². The van der Waals surface area contributed by atoms with E-state index >= 15 is 0 Å². The Morgan fingerprint density at radius 3 is 2.44 bits per heavy atom. The lowest BCUT2D eigenvalue weighted by atomic mass is 10.2. The first-order valence-corrected chi connectivity index (χ1v) is 7.83. The molecule has 0 saturated carbocycles. The Hall–Kier alpha value is -2.99. The number of nitrogens with one attached hydrogen (secondary N) is 2. The second-order valence-electron chi connectivity index (χ2n) is 5.35. The van der Waals surface area contributed by atoms with Gasteiger partial charge in [0, 0.05) is 16.4 Å². The highest BCUT2D eigenvalue weighted by Crippen LogP contribution is 2.20. The Labute approximate surface area is 148 Å². The summed E-state index contributed by atoms with van der Waals surface area (Å²) in [5.41, 5.74) is 2.36. The molecule has 0 saturated heterocycles. The average Bonchev–Trinajstić information content (AvgIpc) is 2.60. The summed E-state index contributed by atoms with van der Waals surface area (Å²) in [5.74, 6) is -0.238. The number of carbonyl (C=O) groups is 1. The van der Waals surface area contributed by atoms with Gasteiger partial charge >= 0.3 is 0 Å². The summed E-state index contributed by atoms with van der Waals surface area (Å²) in [7, 11) is 0. The van der Waals surface area contributed by atoms with E-state index in [9.17, 15) is 9.18 Å². The van der Waals surface area contributed by atoms with Crippen LogP contribution in [0, 0.1) is 12.7 Å². The zero-order chi connectivity index (χ0) is 17.8. The highest BCUT2D eigenvalue weighted by molar-refractivity contribution is 6.30. The van der Waals surface area contributed by atoms with Crippen LogP contribution in [0.3, 0.4) is 0 Å². The van der Waals surface area contributed by atoms with Crippen LogP contribution in [0.4, 0.5) is 21.6 Å². The van der Waals surface area contributed by atoms with Crippen LogP contribution in [0.5, 0.6) is 0 Å². The van der Waals surface area contributed by atoms with Gasteiger partial charge in [0.05, 0.1) is 0 Å². The van der Waals surface area contributed by atoms with E-state index in [4.69, 9.17) is 11.6 Å². The van der Waals surface area contributed by atoms with Gasteiger partial charge < -0.3 is 10.6 Å². The van der Waals surface area contributed by atoms with E-state index in [1.165, 1.54) is 12.1 Å². The fourth-order valence-electron chi connectivity index (χ4n) is 2.15. The predicted molar refractivity (Wildman–Crippen MR) is 95.9 cm³/mol. The standard InChI is InChI=1S/C18H14ClFN4O/c1-11-10-12(19)2-7-15(11)22-18(25)16-8-9-17(24-23-16)21-14-5-3-13(20)4-6-14/h2-10H,1H3,(H,21,24)(H,22,25). The van der Waals surface area contributed by atoms with Crippen molar-refractivity contribution in [2.24, 2.45) is 0 Å². The summed E-state index contributed by atoms with van der Waals surface area (Å²) >= 11 is 5.90. The number of anilines is 3. The second kappa shape index (κ2) is 7.27. The van der Waals surface area contributed by atoms with Crippen molar-refractivity contribution in [3.8, 4) is 0 Å². The van der Waals surface area contributed by atoms with Gasteiger partial charge in [-0.25, -0.2) is 4.39 Å². The van der Waals surface area contributed by atoms with Crippen molar-refractivity contribution >= 4 is 34.7 Å². The lowest BCUT2D eigenvalue weighted by Crippen LogP contribution is -2.15. The summed E-state index contributed by atoms with van der Waals surface area (Å²) < 4.78 is 12.9. The zero-order valence-electron chi connectivity index (χ0n) is 13.3. The van der Waals surface area contributed by atoms with Gasteiger partial charge in [-0.2, -0.15) is 0 Å². The maximum Gasteiger partial charge on any atom is 0.276 e. The normalized spacial score (nSPS) is 10.4. The van der Waals surface area contributed by atoms with E-state index in [0.29, 0.717) is 22.2 Å². The molecule has 1 heterocycles.